The van der Waals surface area contributed by atoms with Crippen molar-refractivity contribution in [1.82, 2.24) is 25.1 Å². The SMILES string of the molecule is CN=C(NCc1nccn1CC(C)C)NCC(C)(C)N1CCOCC1.I. The van der Waals surface area contributed by atoms with E-state index in [1.807, 2.05) is 12.4 Å². The Labute approximate surface area is 175 Å². The van der Waals surface area contributed by atoms with E-state index in [0.29, 0.717) is 12.5 Å². The van der Waals surface area contributed by atoms with Crippen molar-refractivity contribution in [2.75, 3.05) is 39.9 Å². The second-order valence-corrected chi connectivity index (χ2v) is 7.58. The molecule has 150 valence electrons. The Morgan fingerprint density at radius 1 is 1.31 bits per heavy atom. The lowest BCUT2D eigenvalue weighted by molar-refractivity contribution is -0.00834. The summed E-state index contributed by atoms with van der Waals surface area (Å²) in [6.45, 7) is 15.0. The van der Waals surface area contributed by atoms with Crippen molar-refractivity contribution in [3.8, 4) is 0 Å². The first-order chi connectivity index (χ1) is 11.9. The third kappa shape index (κ3) is 7.03. The number of nitrogens with zero attached hydrogens (tertiary/aromatic N) is 4. The quantitative estimate of drug-likeness (QED) is 0.356. The standard InChI is InChI=1S/C18H34N6O.HI/c1-15(2)13-23-7-6-20-16(23)12-21-17(19-5)22-14-18(3,4)24-8-10-25-11-9-24;/h6-7,15H,8-14H2,1-5H3,(H2,19,21,22);1H. The van der Waals surface area contributed by atoms with E-state index in [1.54, 1.807) is 7.05 Å². The Balaban J connectivity index is 0.00000338. The van der Waals surface area contributed by atoms with Crippen molar-refractivity contribution in [1.29, 1.82) is 0 Å². The Bertz CT molecular complexity index is 552. The third-order valence-corrected chi connectivity index (χ3v) is 4.56. The van der Waals surface area contributed by atoms with E-state index in [4.69, 9.17) is 4.74 Å². The van der Waals surface area contributed by atoms with Gasteiger partial charge in [-0.3, -0.25) is 9.89 Å². The predicted molar refractivity (Wildman–Crippen MR) is 117 cm³/mol. The van der Waals surface area contributed by atoms with Gasteiger partial charge in [0.25, 0.3) is 0 Å². The third-order valence-electron chi connectivity index (χ3n) is 4.56. The largest absolute Gasteiger partial charge is 0.379 e. The molecule has 26 heavy (non-hydrogen) atoms. The summed E-state index contributed by atoms with van der Waals surface area (Å²) in [5.74, 6) is 2.43. The molecule has 0 aromatic carbocycles. The number of guanidine groups is 1. The van der Waals surface area contributed by atoms with E-state index < -0.39 is 0 Å². The molecule has 2 rings (SSSR count). The molecule has 0 unspecified atom stereocenters. The van der Waals surface area contributed by atoms with Crippen LogP contribution in [0.4, 0.5) is 0 Å². The first-order valence-electron chi connectivity index (χ1n) is 9.19. The molecule has 1 aromatic heterocycles. The van der Waals surface area contributed by atoms with Gasteiger partial charge in [-0.15, -0.1) is 24.0 Å². The summed E-state index contributed by atoms with van der Waals surface area (Å²) in [5.41, 5.74) is 0.0531. The number of morpholine rings is 1. The molecule has 0 saturated carbocycles. The van der Waals surface area contributed by atoms with E-state index >= 15 is 0 Å². The maximum absolute atomic E-state index is 5.45. The Morgan fingerprint density at radius 2 is 2.00 bits per heavy atom. The smallest absolute Gasteiger partial charge is 0.191 e. The number of hydrogen-bond acceptors (Lipinski definition) is 4. The Hall–Kier alpha value is -0.870. The van der Waals surface area contributed by atoms with E-state index in [0.717, 1.165) is 51.2 Å². The van der Waals surface area contributed by atoms with E-state index in [1.165, 1.54) is 0 Å². The minimum Gasteiger partial charge on any atom is -0.379 e. The lowest BCUT2D eigenvalue weighted by Crippen LogP contribution is -2.56. The van der Waals surface area contributed by atoms with Crippen molar-refractivity contribution in [3.63, 3.8) is 0 Å². The van der Waals surface area contributed by atoms with E-state index in [-0.39, 0.29) is 29.5 Å². The van der Waals surface area contributed by atoms with Crippen LogP contribution in [0, 0.1) is 5.92 Å². The van der Waals surface area contributed by atoms with Gasteiger partial charge in [0.2, 0.25) is 0 Å². The van der Waals surface area contributed by atoms with Crippen molar-refractivity contribution < 1.29 is 4.74 Å². The zero-order valence-corrected chi connectivity index (χ0v) is 19.1. The fourth-order valence-electron chi connectivity index (χ4n) is 3.03. The van der Waals surface area contributed by atoms with Crippen LogP contribution >= 0.6 is 24.0 Å². The molecular weight excluding hydrogens is 443 g/mol. The molecule has 2 N–H and O–H groups in total. The molecule has 0 bridgehead atoms. The topological polar surface area (TPSA) is 66.7 Å². The van der Waals surface area contributed by atoms with Gasteiger partial charge >= 0.3 is 0 Å². The molecule has 1 aromatic rings. The monoisotopic (exact) mass is 478 g/mol. The fraction of sp³-hybridized carbons (Fsp3) is 0.778. The number of halogens is 1. The maximum Gasteiger partial charge on any atom is 0.191 e. The van der Waals surface area contributed by atoms with Crippen molar-refractivity contribution >= 4 is 29.9 Å². The van der Waals surface area contributed by atoms with E-state index in [9.17, 15) is 0 Å². The number of nitrogens with one attached hydrogen (secondary N) is 2. The van der Waals surface area contributed by atoms with Gasteiger partial charge in [0.1, 0.15) is 5.82 Å². The molecule has 1 aliphatic heterocycles. The minimum absolute atomic E-state index is 0. The molecule has 0 spiro atoms. The summed E-state index contributed by atoms with van der Waals surface area (Å²) in [7, 11) is 1.80. The summed E-state index contributed by atoms with van der Waals surface area (Å²) < 4.78 is 7.65. The molecule has 0 atom stereocenters. The summed E-state index contributed by atoms with van der Waals surface area (Å²) in [5, 5.41) is 6.82. The minimum atomic E-state index is 0. The highest BCUT2D eigenvalue weighted by molar-refractivity contribution is 14.0. The molecule has 0 aliphatic carbocycles. The zero-order valence-electron chi connectivity index (χ0n) is 16.8. The molecule has 1 saturated heterocycles. The van der Waals surface area contributed by atoms with Gasteiger partial charge < -0.3 is 19.9 Å². The number of hydrogen-bond donors (Lipinski definition) is 2. The van der Waals surface area contributed by atoms with Gasteiger partial charge in [0.15, 0.2) is 5.96 Å². The number of aromatic nitrogens is 2. The van der Waals surface area contributed by atoms with Crippen LogP contribution in [0.15, 0.2) is 17.4 Å². The number of rotatable bonds is 7. The van der Waals surface area contributed by atoms with Crippen LogP contribution in [0.1, 0.15) is 33.5 Å². The normalized spacial score (nSPS) is 16.5. The lowest BCUT2D eigenvalue weighted by Gasteiger charge is -2.41. The van der Waals surface area contributed by atoms with Crippen molar-refractivity contribution in [2.24, 2.45) is 10.9 Å². The molecule has 0 radical (unpaired) electrons. The van der Waals surface area contributed by atoms with Gasteiger partial charge in [-0.1, -0.05) is 13.8 Å². The summed E-state index contributed by atoms with van der Waals surface area (Å²) >= 11 is 0. The van der Waals surface area contributed by atoms with Gasteiger partial charge in [0, 0.05) is 51.2 Å². The fourth-order valence-corrected chi connectivity index (χ4v) is 3.03. The highest BCUT2D eigenvalue weighted by Crippen LogP contribution is 2.15. The average Bonchev–Trinajstić information content (AvgIpc) is 3.02. The molecule has 0 amide bonds. The molecule has 7 nitrogen and oxygen atoms in total. The van der Waals surface area contributed by atoms with Crippen molar-refractivity contribution in [2.45, 2.75) is 46.3 Å². The summed E-state index contributed by atoms with van der Waals surface area (Å²) in [4.78, 5) is 11.3. The molecular formula is C18H35IN6O. The first kappa shape index (κ1) is 23.2. The van der Waals surface area contributed by atoms with Crippen LogP contribution in [0.3, 0.4) is 0 Å². The van der Waals surface area contributed by atoms with Gasteiger partial charge in [-0.2, -0.15) is 0 Å². The summed E-state index contributed by atoms with van der Waals surface area (Å²) in [6, 6.07) is 0. The maximum atomic E-state index is 5.45. The van der Waals surface area contributed by atoms with Gasteiger partial charge in [-0.25, -0.2) is 4.98 Å². The van der Waals surface area contributed by atoms with Gasteiger partial charge in [-0.05, 0) is 19.8 Å². The average molecular weight is 478 g/mol. The van der Waals surface area contributed by atoms with Crippen LogP contribution in [0.2, 0.25) is 0 Å². The number of imidazole rings is 1. The van der Waals surface area contributed by atoms with Crippen LogP contribution in [-0.4, -0.2) is 65.8 Å². The van der Waals surface area contributed by atoms with Crippen LogP contribution in [-0.2, 0) is 17.8 Å². The first-order valence-corrected chi connectivity index (χ1v) is 9.19. The molecule has 1 fully saturated rings. The highest BCUT2D eigenvalue weighted by atomic mass is 127. The Kier molecular flexibility index (Phi) is 9.88. The van der Waals surface area contributed by atoms with Gasteiger partial charge in [0.05, 0.1) is 19.8 Å². The number of aliphatic imine (C=N–C) groups is 1. The van der Waals surface area contributed by atoms with Crippen LogP contribution < -0.4 is 10.6 Å². The second kappa shape index (κ2) is 11.1. The predicted octanol–water partition coefficient (Wildman–Crippen LogP) is 1.93. The number of ether oxygens (including phenoxy) is 1. The van der Waals surface area contributed by atoms with Crippen molar-refractivity contribution in [3.05, 3.63) is 18.2 Å². The Morgan fingerprint density at radius 3 is 2.62 bits per heavy atom. The lowest BCUT2D eigenvalue weighted by atomic mass is 10.0. The highest BCUT2D eigenvalue weighted by Gasteiger charge is 2.28. The van der Waals surface area contributed by atoms with Crippen LogP contribution in [0.25, 0.3) is 0 Å². The second-order valence-electron chi connectivity index (χ2n) is 7.58. The van der Waals surface area contributed by atoms with Crippen LogP contribution in [0.5, 0.6) is 0 Å². The summed E-state index contributed by atoms with van der Waals surface area (Å²) in [6.07, 6.45) is 3.89. The van der Waals surface area contributed by atoms with E-state index in [2.05, 4.69) is 57.8 Å². The molecule has 2 heterocycles. The molecule has 8 heteroatoms. The zero-order chi connectivity index (χ0) is 18.3. The molecule has 1 aliphatic rings.